The molecule has 0 aromatic carbocycles. The van der Waals surface area contributed by atoms with Gasteiger partial charge < -0.3 is 10.5 Å². The largest absolute Gasteiger partial charge is 0.473 e. The summed E-state index contributed by atoms with van der Waals surface area (Å²) in [5.41, 5.74) is 5.06. The molecule has 0 aliphatic carbocycles. The monoisotopic (exact) mass is 212 g/mol. The molecule has 0 bridgehead atoms. The Balaban J connectivity index is 3.14. The van der Waals surface area contributed by atoms with Crippen molar-refractivity contribution in [1.29, 1.82) is 0 Å². The Kier molecular flexibility index (Phi) is 3.37. The van der Waals surface area contributed by atoms with Crippen molar-refractivity contribution in [3.05, 3.63) is 15.9 Å². The number of nitro groups is 1. The highest BCUT2D eigenvalue weighted by atomic mass is 16.6. The molecule has 0 fully saturated rings. The maximum Gasteiger partial charge on any atom is 0.372 e. The summed E-state index contributed by atoms with van der Waals surface area (Å²) in [4.78, 5) is 17.6. The fourth-order valence-corrected chi connectivity index (χ4v) is 1.03. The first-order valence-corrected chi connectivity index (χ1v) is 4.47. The van der Waals surface area contributed by atoms with Gasteiger partial charge in [0.25, 0.3) is 5.88 Å². The number of aryl methyl sites for hydroxylation is 1. The average molecular weight is 212 g/mol. The van der Waals surface area contributed by atoms with Crippen LogP contribution < -0.4 is 10.5 Å². The number of ether oxygens (including phenoxy) is 1. The van der Waals surface area contributed by atoms with Crippen molar-refractivity contribution >= 4 is 11.5 Å². The van der Waals surface area contributed by atoms with E-state index in [1.54, 1.807) is 6.92 Å². The van der Waals surface area contributed by atoms with Gasteiger partial charge in [0.05, 0.1) is 11.5 Å². The first-order valence-electron chi connectivity index (χ1n) is 4.47. The lowest BCUT2D eigenvalue weighted by Crippen LogP contribution is -2.07. The van der Waals surface area contributed by atoms with E-state index in [2.05, 4.69) is 9.97 Å². The van der Waals surface area contributed by atoms with Crippen molar-refractivity contribution in [3.63, 3.8) is 0 Å². The van der Waals surface area contributed by atoms with Crippen molar-refractivity contribution in [1.82, 2.24) is 9.97 Å². The van der Waals surface area contributed by atoms with Gasteiger partial charge in [-0.1, -0.05) is 6.92 Å². The molecule has 0 saturated carbocycles. The minimum Gasteiger partial charge on any atom is -0.473 e. The molecule has 0 aliphatic heterocycles. The predicted octanol–water partition coefficient (Wildman–Crippen LogP) is 1.06. The van der Waals surface area contributed by atoms with Crippen molar-refractivity contribution < 1.29 is 9.66 Å². The highest BCUT2D eigenvalue weighted by Crippen LogP contribution is 2.29. The van der Waals surface area contributed by atoms with Crippen LogP contribution in [0.2, 0.25) is 0 Å². The summed E-state index contributed by atoms with van der Waals surface area (Å²) < 4.78 is 5.14. The van der Waals surface area contributed by atoms with Crippen molar-refractivity contribution in [3.8, 4) is 5.88 Å². The summed E-state index contributed by atoms with van der Waals surface area (Å²) in [6.45, 7) is 3.85. The second-order valence-electron chi connectivity index (χ2n) is 2.92. The van der Waals surface area contributed by atoms with E-state index in [1.165, 1.54) is 0 Å². The lowest BCUT2D eigenvalue weighted by Gasteiger charge is -2.05. The third-order valence-electron chi connectivity index (χ3n) is 1.62. The van der Waals surface area contributed by atoms with Gasteiger partial charge in [-0.25, -0.2) is 4.98 Å². The number of nitrogen functional groups attached to an aromatic ring is 1. The normalized spacial score (nSPS) is 10.0. The molecule has 0 amide bonds. The standard InChI is InChI=1S/C8H12N4O3/c1-3-4-15-8-6(12(13)14)7(9)10-5(2)11-8/h3-4H2,1-2H3,(H2,9,10,11). The van der Waals surface area contributed by atoms with Gasteiger partial charge in [-0.15, -0.1) is 0 Å². The molecule has 0 radical (unpaired) electrons. The Morgan fingerprint density at radius 3 is 2.73 bits per heavy atom. The molecule has 7 heteroatoms. The summed E-state index contributed by atoms with van der Waals surface area (Å²) in [5.74, 6) is 0.120. The highest BCUT2D eigenvalue weighted by molar-refractivity contribution is 5.58. The lowest BCUT2D eigenvalue weighted by molar-refractivity contribution is -0.385. The number of aromatic nitrogens is 2. The Hall–Kier alpha value is -1.92. The Bertz CT molecular complexity index is 380. The zero-order chi connectivity index (χ0) is 11.4. The topological polar surface area (TPSA) is 104 Å². The molecular weight excluding hydrogens is 200 g/mol. The summed E-state index contributed by atoms with van der Waals surface area (Å²) in [7, 11) is 0. The van der Waals surface area contributed by atoms with Crippen LogP contribution in [0.5, 0.6) is 5.88 Å². The van der Waals surface area contributed by atoms with Crippen LogP contribution in [0.1, 0.15) is 19.2 Å². The Morgan fingerprint density at radius 2 is 2.20 bits per heavy atom. The van der Waals surface area contributed by atoms with Gasteiger partial charge >= 0.3 is 5.69 Å². The van der Waals surface area contributed by atoms with Crippen molar-refractivity contribution in [2.75, 3.05) is 12.3 Å². The minimum absolute atomic E-state index is 0.0631. The first kappa shape index (κ1) is 11.2. The van der Waals surface area contributed by atoms with Gasteiger partial charge in [0.1, 0.15) is 5.82 Å². The van der Waals surface area contributed by atoms with Crippen LogP contribution in [-0.2, 0) is 0 Å². The van der Waals surface area contributed by atoms with Crippen LogP contribution >= 0.6 is 0 Å². The molecule has 2 N–H and O–H groups in total. The molecule has 15 heavy (non-hydrogen) atoms. The summed E-state index contributed by atoms with van der Waals surface area (Å²) in [6, 6.07) is 0. The smallest absolute Gasteiger partial charge is 0.372 e. The second kappa shape index (κ2) is 4.54. The van der Waals surface area contributed by atoms with Crippen LogP contribution in [-0.4, -0.2) is 21.5 Å². The summed E-state index contributed by atoms with van der Waals surface area (Å²) >= 11 is 0. The van der Waals surface area contributed by atoms with Gasteiger partial charge in [-0.3, -0.25) is 10.1 Å². The van der Waals surface area contributed by atoms with E-state index in [1.807, 2.05) is 6.92 Å². The number of hydrogen-bond acceptors (Lipinski definition) is 6. The molecule has 0 saturated heterocycles. The fourth-order valence-electron chi connectivity index (χ4n) is 1.03. The van der Waals surface area contributed by atoms with E-state index >= 15 is 0 Å². The maximum absolute atomic E-state index is 10.7. The van der Waals surface area contributed by atoms with Gasteiger partial charge in [-0.2, -0.15) is 4.98 Å². The molecular formula is C8H12N4O3. The molecule has 0 aliphatic rings. The zero-order valence-corrected chi connectivity index (χ0v) is 8.56. The van der Waals surface area contributed by atoms with Gasteiger partial charge in [0, 0.05) is 0 Å². The van der Waals surface area contributed by atoms with E-state index in [0.29, 0.717) is 12.4 Å². The third-order valence-corrected chi connectivity index (χ3v) is 1.62. The fraction of sp³-hybridized carbons (Fsp3) is 0.500. The van der Waals surface area contributed by atoms with Gasteiger partial charge in [0.15, 0.2) is 0 Å². The summed E-state index contributed by atoms with van der Waals surface area (Å²) in [6.07, 6.45) is 0.736. The molecule has 1 rings (SSSR count). The SMILES string of the molecule is CCCOc1nc(C)nc(N)c1[N+](=O)[O-]. The van der Waals surface area contributed by atoms with E-state index < -0.39 is 4.92 Å². The quantitative estimate of drug-likeness (QED) is 0.591. The molecule has 82 valence electrons. The van der Waals surface area contributed by atoms with Crippen molar-refractivity contribution in [2.24, 2.45) is 0 Å². The van der Waals surface area contributed by atoms with Crippen LogP contribution in [0.25, 0.3) is 0 Å². The number of nitrogens with two attached hydrogens (primary N) is 1. The van der Waals surface area contributed by atoms with E-state index in [4.69, 9.17) is 10.5 Å². The lowest BCUT2D eigenvalue weighted by atomic mass is 10.4. The Morgan fingerprint density at radius 1 is 1.53 bits per heavy atom. The molecule has 0 atom stereocenters. The predicted molar refractivity (Wildman–Crippen MR) is 53.6 cm³/mol. The number of rotatable bonds is 4. The Labute approximate surface area is 86.4 Å². The van der Waals surface area contributed by atoms with Gasteiger partial charge in [-0.05, 0) is 13.3 Å². The van der Waals surface area contributed by atoms with E-state index in [0.717, 1.165) is 6.42 Å². The molecule has 1 heterocycles. The molecule has 0 spiro atoms. The van der Waals surface area contributed by atoms with Crippen molar-refractivity contribution in [2.45, 2.75) is 20.3 Å². The number of nitrogens with zero attached hydrogens (tertiary/aromatic N) is 3. The third kappa shape index (κ3) is 2.52. The van der Waals surface area contributed by atoms with E-state index in [9.17, 15) is 10.1 Å². The van der Waals surface area contributed by atoms with Crippen LogP contribution in [0.4, 0.5) is 11.5 Å². The number of anilines is 1. The molecule has 0 unspecified atom stereocenters. The molecule has 1 aromatic heterocycles. The van der Waals surface area contributed by atoms with Crippen LogP contribution in [0, 0.1) is 17.0 Å². The van der Waals surface area contributed by atoms with Crippen LogP contribution in [0.3, 0.4) is 0 Å². The summed E-state index contributed by atoms with van der Waals surface area (Å²) in [5, 5.41) is 10.7. The molecule has 7 nitrogen and oxygen atoms in total. The second-order valence-corrected chi connectivity index (χ2v) is 2.92. The first-order chi connectivity index (χ1) is 7.06. The van der Waals surface area contributed by atoms with E-state index in [-0.39, 0.29) is 17.4 Å². The zero-order valence-electron chi connectivity index (χ0n) is 8.56. The number of hydrogen-bond donors (Lipinski definition) is 1. The highest BCUT2D eigenvalue weighted by Gasteiger charge is 2.23. The minimum atomic E-state index is -0.639. The van der Waals surface area contributed by atoms with Crippen LogP contribution in [0.15, 0.2) is 0 Å². The average Bonchev–Trinajstić information content (AvgIpc) is 2.12. The maximum atomic E-state index is 10.7. The van der Waals surface area contributed by atoms with Gasteiger partial charge in [0.2, 0.25) is 5.82 Å². The molecule has 1 aromatic rings.